The maximum absolute atomic E-state index is 13.7. The lowest BCUT2D eigenvalue weighted by Crippen LogP contribution is -2.52. The van der Waals surface area contributed by atoms with Crippen LogP contribution >= 0.6 is 11.6 Å². The maximum Gasteiger partial charge on any atom is 0.269 e. The fraction of sp³-hybridized carbons (Fsp3) is 0.233. The van der Waals surface area contributed by atoms with Crippen molar-refractivity contribution >= 4 is 57.6 Å². The number of carbonyl (C=O) groups excluding carboxylic acids is 4. The van der Waals surface area contributed by atoms with Crippen LogP contribution in [0.4, 0.5) is 11.5 Å². The van der Waals surface area contributed by atoms with Crippen molar-refractivity contribution in [2.45, 2.75) is 37.9 Å². The van der Waals surface area contributed by atoms with Crippen molar-refractivity contribution in [1.82, 2.24) is 19.7 Å². The van der Waals surface area contributed by atoms with Gasteiger partial charge in [-0.25, -0.2) is 4.98 Å². The van der Waals surface area contributed by atoms with Crippen molar-refractivity contribution in [3.8, 4) is 6.07 Å². The number of carbonyl (C=O) groups is 4. The molecule has 2 fully saturated rings. The molecule has 13 heteroatoms. The molecule has 4 aromatic rings. The molecule has 1 aliphatic heterocycles. The van der Waals surface area contributed by atoms with Gasteiger partial charge in [-0.3, -0.25) is 23.9 Å². The molecule has 1 saturated heterocycles. The molecular formula is C30H25ClN8O4. The molecule has 0 unspecified atom stereocenters. The van der Waals surface area contributed by atoms with E-state index in [1.807, 2.05) is 6.07 Å². The average molecular weight is 597 g/mol. The molecule has 2 aromatic carbocycles. The molecule has 2 aliphatic rings. The zero-order chi connectivity index (χ0) is 30.2. The molecule has 2 bridgehead atoms. The van der Waals surface area contributed by atoms with Crippen LogP contribution in [-0.2, 0) is 16.1 Å². The first-order valence-corrected chi connectivity index (χ1v) is 14.0. The minimum Gasteiger partial charge on any atom is -0.364 e. The quantitative estimate of drug-likeness (QED) is 0.274. The van der Waals surface area contributed by atoms with E-state index in [0.717, 1.165) is 19.3 Å². The van der Waals surface area contributed by atoms with Gasteiger partial charge in [-0.05, 0) is 79.8 Å². The Hall–Kier alpha value is -5.28. The number of hydrogen-bond donors (Lipinski definition) is 3. The third-order valence-corrected chi connectivity index (χ3v) is 8.12. The van der Waals surface area contributed by atoms with Crippen LogP contribution < -0.4 is 16.4 Å². The number of nitrogens with zero attached hydrogens (tertiary/aromatic N) is 5. The lowest BCUT2D eigenvalue weighted by Gasteiger charge is -2.34. The molecule has 4 N–H and O–H groups in total. The Morgan fingerprint density at radius 2 is 1.84 bits per heavy atom. The number of primary amides is 1. The van der Waals surface area contributed by atoms with Crippen LogP contribution in [0.25, 0.3) is 10.9 Å². The number of nitriles is 1. The number of rotatable bonds is 7. The van der Waals surface area contributed by atoms with Crippen molar-refractivity contribution in [2.75, 3.05) is 10.6 Å². The molecule has 0 spiro atoms. The second-order valence-electron chi connectivity index (χ2n) is 10.6. The van der Waals surface area contributed by atoms with Gasteiger partial charge in [0.2, 0.25) is 11.8 Å². The highest BCUT2D eigenvalue weighted by atomic mass is 35.5. The maximum atomic E-state index is 13.7. The van der Waals surface area contributed by atoms with Gasteiger partial charge in [0.05, 0.1) is 17.1 Å². The molecule has 216 valence electrons. The van der Waals surface area contributed by atoms with E-state index in [1.54, 1.807) is 53.4 Å². The number of likely N-dealkylation sites (tertiary alicyclic amines) is 1. The summed E-state index contributed by atoms with van der Waals surface area (Å²) in [5, 5.41) is 19.5. The summed E-state index contributed by atoms with van der Waals surface area (Å²) in [6.45, 7) is -0.219. The van der Waals surface area contributed by atoms with Crippen LogP contribution in [0.1, 0.15) is 45.7 Å². The predicted octanol–water partition coefficient (Wildman–Crippen LogP) is 3.33. The predicted molar refractivity (Wildman–Crippen MR) is 157 cm³/mol. The number of aromatic nitrogens is 3. The highest BCUT2D eigenvalue weighted by Crippen LogP contribution is 2.43. The summed E-state index contributed by atoms with van der Waals surface area (Å²) in [5.41, 5.74) is 7.19. The summed E-state index contributed by atoms with van der Waals surface area (Å²) in [5.74, 6) is -1.53. The van der Waals surface area contributed by atoms with Gasteiger partial charge in [-0.15, -0.1) is 0 Å². The number of pyridine rings is 1. The zero-order valence-electron chi connectivity index (χ0n) is 22.7. The number of fused-ring (bicyclic) bond motifs is 3. The Morgan fingerprint density at radius 3 is 2.56 bits per heavy atom. The lowest BCUT2D eigenvalue weighted by atomic mass is 9.97. The van der Waals surface area contributed by atoms with E-state index >= 15 is 0 Å². The summed E-state index contributed by atoms with van der Waals surface area (Å²) >= 11 is 5.97. The molecular weight excluding hydrogens is 572 g/mol. The minimum atomic E-state index is -0.793. The van der Waals surface area contributed by atoms with E-state index in [-0.39, 0.29) is 41.2 Å². The van der Waals surface area contributed by atoms with Crippen LogP contribution in [0.3, 0.4) is 0 Å². The number of nitrogens with one attached hydrogen (secondary N) is 2. The molecule has 2 aromatic heterocycles. The third-order valence-electron chi connectivity index (χ3n) is 7.91. The van der Waals surface area contributed by atoms with Gasteiger partial charge in [0.1, 0.15) is 23.6 Å². The highest BCUT2D eigenvalue weighted by Gasteiger charge is 2.51. The lowest BCUT2D eigenvalue weighted by molar-refractivity contribution is -0.141. The monoisotopic (exact) mass is 596 g/mol. The Labute approximate surface area is 250 Å². The van der Waals surface area contributed by atoms with Crippen LogP contribution in [0.15, 0.2) is 60.7 Å². The molecule has 12 nitrogen and oxygen atoms in total. The smallest absolute Gasteiger partial charge is 0.269 e. The number of benzene rings is 2. The summed E-state index contributed by atoms with van der Waals surface area (Å²) < 4.78 is 1.39. The summed E-state index contributed by atoms with van der Waals surface area (Å²) in [7, 11) is 0. The molecule has 3 heterocycles. The van der Waals surface area contributed by atoms with Gasteiger partial charge in [0.25, 0.3) is 11.8 Å². The fourth-order valence-electron chi connectivity index (χ4n) is 6.03. The zero-order valence-corrected chi connectivity index (χ0v) is 23.4. The Kier molecular flexibility index (Phi) is 7.25. The van der Waals surface area contributed by atoms with Crippen molar-refractivity contribution in [3.05, 3.63) is 82.6 Å². The standard InChI is InChI=1S/C30H25ClN8O4/c31-23-2-1-3-24(35-23)36-30(43)27-18-8-10-20(12-18)39(27)25(40)15-38-22-11-9-19(13-21(22)26(37-38)28(33)41)34-29(42)17-6-4-16(14-32)5-7-17/h1-7,9,11,13,18,20,27H,8,10,12,15H2,(H2,33,41)(H,34,42)(H,35,36,43)/t18-,20+,27-/m0/s1. The van der Waals surface area contributed by atoms with Crippen molar-refractivity contribution < 1.29 is 19.2 Å². The van der Waals surface area contributed by atoms with Gasteiger partial charge < -0.3 is 21.3 Å². The van der Waals surface area contributed by atoms with Gasteiger partial charge in [-0.2, -0.15) is 10.4 Å². The van der Waals surface area contributed by atoms with E-state index in [0.29, 0.717) is 33.5 Å². The summed E-state index contributed by atoms with van der Waals surface area (Å²) in [4.78, 5) is 57.8. The Morgan fingerprint density at radius 1 is 1.05 bits per heavy atom. The highest BCUT2D eigenvalue weighted by molar-refractivity contribution is 6.29. The first kappa shape index (κ1) is 27.9. The number of hydrogen-bond acceptors (Lipinski definition) is 7. The molecule has 3 atom stereocenters. The number of amides is 4. The first-order chi connectivity index (χ1) is 20.7. The second-order valence-corrected chi connectivity index (χ2v) is 10.9. The fourth-order valence-corrected chi connectivity index (χ4v) is 6.20. The number of halogens is 1. The Balaban J connectivity index is 1.23. The van der Waals surface area contributed by atoms with Gasteiger partial charge in [-0.1, -0.05) is 17.7 Å². The van der Waals surface area contributed by atoms with Crippen molar-refractivity contribution in [3.63, 3.8) is 0 Å². The van der Waals surface area contributed by atoms with E-state index in [1.165, 1.54) is 16.8 Å². The number of piperidine rings is 1. The van der Waals surface area contributed by atoms with E-state index < -0.39 is 17.9 Å². The minimum absolute atomic E-state index is 0.0194. The third kappa shape index (κ3) is 5.38. The van der Waals surface area contributed by atoms with E-state index in [2.05, 4.69) is 20.7 Å². The summed E-state index contributed by atoms with van der Waals surface area (Å²) in [6.07, 6.45) is 2.36. The van der Waals surface area contributed by atoms with E-state index in [9.17, 15) is 19.2 Å². The number of anilines is 2. The largest absolute Gasteiger partial charge is 0.364 e. The molecule has 43 heavy (non-hydrogen) atoms. The molecule has 1 aliphatic carbocycles. The van der Waals surface area contributed by atoms with Gasteiger partial charge >= 0.3 is 0 Å². The normalized spacial score (nSPS) is 18.8. The Bertz CT molecular complexity index is 1830. The molecule has 6 rings (SSSR count). The molecule has 1 saturated carbocycles. The summed E-state index contributed by atoms with van der Waals surface area (Å²) in [6, 6.07) is 17.1. The average Bonchev–Trinajstić information content (AvgIpc) is 3.71. The molecule has 4 amide bonds. The topological polar surface area (TPSA) is 176 Å². The van der Waals surface area contributed by atoms with Crippen LogP contribution in [-0.4, -0.2) is 55.4 Å². The molecule has 0 radical (unpaired) electrons. The van der Waals surface area contributed by atoms with Gasteiger partial charge in [0.15, 0.2) is 5.69 Å². The van der Waals surface area contributed by atoms with Gasteiger partial charge in [0, 0.05) is 22.7 Å². The van der Waals surface area contributed by atoms with Crippen LogP contribution in [0, 0.1) is 17.2 Å². The van der Waals surface area contributed by atoms with Crippen LogP contribution in [0.5, 0.6) is 0 Å². The SMILES string of the molecule is N#Cc1ccc(C(=O)Nc2ccc3c(c2)c(C(N)=O)nn3CC(=O)N2[C@@H]3CC[C@@H](C3)[C@H]2C(=O)Nc2cccc(Cl)n2)cc1. The van der Waals surface area contributed by atoms with Crippen LogP contribution in [0.2, 0.25) is 5.15 Å². The second kappa shape index (κ2) is 11.2. The van der Waals surface area contributed by atoms with Crippen molar-refractivity contribution in [2.24, 2.45) is 11.7 Å². The number of nitrogens with two attached hydrogens (primary N) is 1. The van der Waals surface area contributed by atoms with Crippen molar-refractivity contribution in [1.29, 1.82) is 5.26 Å². The van der Waals surface area contributed by atoms with E-state index in [4.69, 9.17) is 22.6 Å². The first-order valence-electron chi connectivity index (χ1n) is 13.6.